The third kappa shape index (κ3) is 35.8. The minimum Gasteiger partial charge on any atom is -0.460 e. The quantitative estimate of drug-likeness (QED) is 0.0251. The molecule has 0 bridgehead atoms. The molecule has 65 heavy (non-hydrogen) atoms. The topological polar surface area (TPSA) is 122 Å². The van der Waals surface area contributed by atoms with Crippen molar-refractivity contribution in [1.82, 2.24) is 9.80 Å². The summed E-state index contributed by atoms with van der Waals surface area (Å²) in [6, 6.07) is 0. The predicted octanol–water partition coefficient (Wildman–Crippen LogP) is 13.1. The summed E-state index contributed by atoms with van der Waals surface area (Å²) in [7, 11) is 0. The van der Waals surface area contributed by atoms with E-state index in [1.165, 1.54) is 108 Å². The summed E-state index contributed by atoms with van der Waals surface area (Å²) in [4.78, 5) is 44.1. The van der Waals surface area contributed by atoms with Crippen LogP contribution < -0.4 is 0 Å². The lowest BCUT2D eigenvalue weighted by Crippen LogP contribution is -2.51. The average molecular weight is 927 g/mol. The van der Waals surface area contributed by atoms with Gasteiger partial charge in [-0.05, 0) is 45.2 Å². The van der Waals surface area contributed by atoms with Gasteiger partial charge in [0.2, 0.25) is 0 Å². The Labute approximate surface area is 399 Å². The fourth-order valence-corrected chi connectivity index (χ4v) is 8.19. The molecule has 0 aliphatic carbocycles. The second-order valence-corrected chi connectivity index (χ2v) is 18.3. The molecule has 0 aromatic heterocycles. The number of esters is 2. The third-order valence-electron chi connectivity index (χ3n) is 12.3. The van der Waals surface area contributed by atoms with Crippen LogP contribution in [0.4, 0.5) is 4.79 Å². The van der Waals surface area contributed by atoms with Gasteiger partial charge >= 0.3 is 18.0 Å². The van der Waals surface area contributed by atoms with Crippen molar-refractivity contribution in [3.05, 3.63) is 0 Å². The summed E-state index contributed by atoms with van der Waals surface area (Å²) >= 11 is 0. The van der Waals surface area contributed by atoms with E-state index in [1.54, 1.807) is 0 Å². The van der Waals surface area contributed by atoms with E-state index in [-0.39, 0.29) is 32.5 Å². The first-order valence-corrected chi connectivity index (χ1v) is 27.3. The molecule has 0 aromatic carbocycles. The molecular formula is C53H102N2O10. The highest BCUT2D eigenvalue weighted by molar-refractivity contribution is 5.71. The van der Waals surface area contributed by atoms with Gasteiger partial charge in [0.25, 0.3) is 0 Å². The van der Waals surface area contributed by atoms with E-state index in [0.717, 1.165) is 71.0 Å². The van der Waals surface area contributed by atoms with E-state index >= 15 is 0 Å². The summed E-state index contributed by atoms with van der Waals surface area (Å²) < 4.78 is 42.4. The first kappa shape index (κ1) is 61.0. The van der Waals surface area contributed by atoms with Gasteiger partial charge in [0, 0.05) is 52.2 Å². The van der Waals surface area contributed by atoms with Crippen molar-refractivity contribution in [2.75, 3.05) is 65.8 Å². The molecular weight excluding hydrogens is 825 g/mol. The van der Waals surface area contributed by atoms with Crippen LogP contribution in [0, 0.1) is 0 Å². The number of piperidine rings is 1. The molecule has 12 heteroatoms. The molecule has 0 spiro atoms. The highest BCUT2D eigenvalue weighted by Gasteiger charge is 2.35. The van der Waals surface area contributed by atoms with E-state index in [0.29, 0.717) is 52.1 Å². The Morgan fingerprint density at radius 1 is 0.462 bits per heavy atom. The zero-order chi connectivity index (χ0) is 47.4. The number of rotatable bonds is 46. The minimum absolute atomic E-state index is 0.118. The van der Waals surface area contributed by atoms with Gasteiger partial charge < -0.3 is 43.0 Å². The number of ether oxygens (including phenoxy) is 7. The molecule has 0 radical (unpaired) electrons. The lowest BCUT2D eigenvalue weighted by molar-refractivity contribution is -0.170. The Balaban J connectivity index is 2.90. The highest BCUT2D eigenvalue weighted by Crippen LogP contribution is 2.21. The summed E-state index contributed by atoms with van der Waals surface area (Å²) in [6.07, 6.45) is 27.3. The van der Waals surface area contributed by atoms with Gasteiger partial charge in [0.1, 0.15) is 12.2 Å². The zero-order valence-corrected chi connectivity index (χ0v) is 43.1. The summed E-state index contributed by atoms with van der Waals surface area (Å²) in [5.41, 5.74) is 0. The van der Waals surface area contributed by atoms with Gasteiger partial charge in [-0.15, -0.1) is 0 Å². The lowest BCUT2D eigenvalue weighted by Gasteiger charge is -2.36. The van der Waals surface area contributed by atoms with Crippen molar-refractivity contribution in [2.45, 2.75) is 259 Å². The monoisotopic (exact) mass is 927 g/mol. The van der Waals surface area contributed by atoms with Gasteiger partial charge in [-0.1, -0.05) is 170 Å². The highest BCUT2D eigenvalue weighted by atomic mass is 16.7. The smallest absolute Gasteiger partial charge is 0.410 e. The largest absolute Gasteiger partial charge is 0.460 e. The number of hydrogen-bond acceptors (Lipinski definition) is 11. The SMILES string of the molecule is CCCCCCCCOC(CCC(=O)OC1CC(OC(=O)CCC(OCCCCCCCC)OCCCCCCCC)CN(C(=O)OCCCN(CC)CC)C1)OCCCCCCCC. The number of likely N-dealkylation sites (tertiary alicyclic amines) is 1. The molecule has 2 atom stereocenters. The average Bonchev–Trinajstić information content (AvgIpc) is 3.30. The fraction of sp³-hybridized carbons (Fsp3) is 0.943. The van der Waals surface area contributed by atoms with E-state index in [1.807, 2.05) is 0 Å². The summed E-state index contributed by atoms with van der Waals surface area (Å²) in [5.74, 6) is -0.780. The van der Waals surface area contributed by atoms with Crippen molar-refractivity contribution < 1.29 is 47.5 Å². The third-order valence-corrected chi connectivity index (χ3v) is 12.3. The van der Waals surface area contributed by atoms with Crippen LogP contribution >= 0.6 is 0 Å². The molecule has 384 valence electrons. The van der Waals surface area contributed by atoms with Crippen molar-refractivity contribution in [1.29, 1.82) is 0 Å². The molecule has 1 amide bonds. The van der Waals surface area contributed by atoms with Crippen LogP contribution in [-0.2, 0) is 42.7 Å². The molecule has 0 aromatic rings. The van der Waals surface area contributed by atoms with Gasteiger partial charge in [-0.3, -0.25) is 9.59 Å². The number of carbonyl (C=O) groups excluding carboxylic acids is 3. The summed E-state index contributed by atoms with van der Waals surface area (Å²) in [5, 5.41) is 0. The van der Waals surface area contributed by atoms with Gasteiger partial charge in [-0.2, -0.15) is 0 Å². The number of hydrogen-bond donors (Lipinski definition) is 0. The van der Waals surface area contributed by atoms with Crippen LogP contribution in [0.25, 0.3) is 0 Å². The van der Waals surface area contributed by atoms with Crippen LogP contribution in [0.2, 0.25) is 0 Å². The van der Waals surface area contributed by atoms with Gasteiger partial charge in [-0.25, -0.2) is 4.79 Å². The first-order chi connectivity index (χ1) is 31.8. The Morgan fingerprint density at radius 2 is 0.800 bits per heavy atom. The molecule has 1 aliphatic heterocycles. The molecule has 1 heterocycles. The van der Waals surface area contributed by atoms with E-state index in [2.05, 4.69) is 46.4 Å². The van der Waals surface area contributed by atoms with Crippen LogP contribution in [-0.4, -0.2) is 118 Å². The number of unbranched alkanes of at least 4 members (excludes halogenated alkanes) is 20. The Hall–Kier alpha value is -1.99. The molecule has 0 N–H and O–H groups in total. The van der Waals surface area contributed by atoms with Crippen molar-refractivity contribution in [3.63, 3.8) is 0 Å². The lowest BCUT2D eigenvalue weighted by atomic mass is 10.1. The van der Waals surface area contributed by atoms with E-state index in [9.17, 15) is 14.4 Å². The molecule has 12 nitrogen and oxygen atoms in total. The Kier molecular flexibility index (Phi) is 41.8. The molecule has 1 rings (SSSR count). The van der Waals surface area contributed by atoms with E-state index in [4.69, 9.17) is 33.2 Å². The van der Waals surface area contributed by atoms with Crippen LogP contribution in [0.3, 0.4) is 0 Å². The maximum Gasteiger partial charge on any atom is 0.410 e. The van der Waals surface area contributed by atoms with Gasteiger partial charge in [0.15, 0.2) is 12.6 Å². The van der Waals surface area contributed by atoms with Crippen LogP contribution in [0.1, 0.15) is 234 Å². The predicted molar refractivity (Wildman–Crippen MR) is 263 cm³/mol. The Morgan fingerprint density at radius 3 is 1.14 bits per heavy atom. The number of nitrogens with zero attached hydrogens (tertiary/aromatic N) is 2. The first-order valence-electron chi connectivity index (χ1n) is 27.3. The zero-order valence-electron chi connectivity index (χ0n) is 43.1. The molecule has 1 saturated heterocycles. The second kappa shape index (κ2) is 44.5. The molecule has 1 fully saturated rings. The second-order valence-electron chi connectivity index (χ2n) is 18.3. The van der Waals surface area contributed by atoms with Crippen molar-refractivity contribution in [2.24, 2.45) is 0 Å². The fourth-order valence-electron chi connectivity index (χ4n) is 8.19. The molecule has 1 aliphatic rings. The minimum atomic E-state index is -0.655. The summed E-state index contributed by atoms with van der Waals surface area (Å²) in [6.45, 7) is 18.8. The van der Waals surface area contributed by atoms with E-state index < -0.39 is 42.8 Å². The molecule has 0 saturated carbocycles. The normalized spacial score (nSPS) is 15.4. The van der Waals surface area contributed by atoms with Crippen molar-refractivity contribution >= 4 is 18.0 Å². The maximum atomic E-state index is 13.4. The van der Waals surface area contributed by atoms with Crippen molar-refractivity contribution in [3.8, 4) is 0 Å². The standard InChI is InChI=1S/C53H102N2O10/c1-7-13-17-21-25-29-39-59-51(60-40-30-26-22-18-14-8-2)36-34-49(56)64-47-44-48(46-55(45-47)53(58)63-43-33-38-54(11-5)12-6)65-50(57)35-37-52(61-41-31-27-23-19-15-9-3)62-42-32-28-24-20-16-10-4/h47-48,51-52H,7-46H2,1-6H3. The Bertz CT molecular complexity index is 993. The van der Waals surface area contributed by atoms with Crippen LogP contribution in [0.5, 0.6) is 0 Å². The molecule has 2 unspecified atom stereocenters. The number of amides is 1. The van der Waals surface area contributed by atoms with Crippen LogP contribution in [0.15, 0.2) is 0 Å². The maximum absolute atomic E-state index is 13.4. The number of carbonyl (C=O) groups is 3. The van der Waals surface area contributed by atoms with Gasteiger partial charge in [0.05, 0.1) is 32.5 Å².